The van der Waals surface area contributed by atoms with Gasteiger partial charge in [0.15, 0.2) is 5.65 Å². The van der Waals surface area contributed by atoms with Crippen molar-refractivity contribution in [1.82, 2.24) is 30.1 Å². The minimum absolute atomic E-state index is 0.178. The minimum Gasteiger partial charge on any atom is -0.378 e. The number of anilines is 1. The van der Waals surface area contributed by atoms with Crippen molar-refractivity contribution >= 4 is 17.4 Å². The molecule has 156 valence electrons. The molecule has 1 saturated heterocycles. The van der Waals surface area contributed by atoms with Crippen molar-refractivity contribution < 1.29 is 9.53 Å². The van der Waals surface area contributed by atoms with Crippen LogP contribution in [-0.2, 0) is 11.3 Å². The summed E-state index contributed by atoms with van der Waals surface area (Å²) in [6.45, 7) is 3.37. The van der Waals surface area contributed by atoms with Gasteiger partial charge in [0.25, 0.3) is 5.91 Å². The number of hydrogen-bond acceptors (Lipinski definition) is 7. The third-order valence-corrected chi connectivity index (χ3v) is 5.13. The van der Waals surface area contributed by atoms with E-state index in [0.717, 1.165) is 24.5 Å². The molecule has 4 aromatic rings. The second-order valence-electron chi connectivity index (χ2n) is 7.18. The zero-order chi connectivity index (χ0) is 21.0. The molecule has 1 aromatic carbocycles. The molecule has 1 N–H and O–H groups in total. The molecule has 0 spiro atoms. The number of hydrogen-bond donors (Lipinski definition) is 1. The number of nitrogens with one attached hydrogen (secondary N) is 1. The summed E-state index contributed by atoms with van der Waals surface area (Å²) >= 11 is 0. The van der Waals surface area contributed by atoms with Crippen LogP contribution >= 0.6 is 0 Å². The van der Waals surface area contributed by atoms with Gasteiger partial charge < -0.3 is 15.0 Å². The Bertz CT molecular complexity index is 1200. The van der Waals surface area contributed by atoms with Gasteiger partial charge in [-0.05, 0) is 29.8 Å². The van der Waals surface area contributed by atoms with Crippen LogP contribution in [-0.4, -0.2) is 57.0 Å². The number of carbonyl (C=O) groups excluding carboxylic acids is 1. The Balaban J connectivity index is 1.40. The van der Waals surface area contributed by atoms with E-state index < -0.39 is 0 Å². The fourth-order valence-corrected chi connectivity index (χ4v) is 3.47. The summed E-state index contributed by atoms with van der Waals surface area (Å²) in [5.74, 6) is 1.14. The van der Waals surface area contributed by atoms with Crippen LogP contribution in [0.5, 0.6) is 0 Å². The number of amides is 1. The van der Waals surface area contributed by atoms with Crippen molar-refractivity contribution in [2.24, 2.45) is 0 Å². The lowest BCUT2D eigenvalue weighted by molar-refractivity contribution is 0.0951. The van der Waals surface area contributed by atoms with Crippen molar-refractivity contribution in [2.75, 3.05) is 31.2 Å². The van der Waals surface area contributed by atoms with Gasteiger partial charge in [-0.15, -0.1) is 15.3 Å². The molecule has 1 aliphatic heterocycles. The van der Waals surface area contributed by atoms with Crippen molar-refractivity contribution in [3.8, 4) is 11.5 Å². The maximum absolute atomic E-state index is 12.6. The van der Waals surface area contributed by atoms with E-state index in [1.807, 2.05) is 42.5 Å². The van der Waals surface area contributed by atoms with E-state index in [-0.39, 0.29) is 5.91 Å². The first-order chi connectivity index (χ1) is 15.3. The zero-order valence-corrected chi connectivity index (χ0v) is 16.8. The van der Waals surface area contributed by atoms with Gasteiger partial charge in [0, 0.05) is 31.4 Å². The van der Waals surface area contributed by atoms with Crippen LogP contribution in [0.2, 0.25) is 0 Å². The van der Waals surface area contributed by atoms with Crippen molar-refractivity contribution in [3.05, 3.63) is 71.9 Å². The van der Waals surface area contributed by atoms with Crippen molar-refractivity contribution in [3.63, 3.8) is 0 Å². The molecule has 0 radical (unpaired) electrons. The zero-order valence-electron chi connectivity index (χ0n) is 16.8. The fraction of sp³-hybridized carbons (Fsp3) is 0.227. The van der Waals surface area contributed by atoms with Crippen LogP contribution in [0, 0.1) is 0 Å². The van der Waals surface area contributed by atoms with E-state index in [4.69, 9.17) is 9.84 Å². The number of nitrogens with zero attached hydrogens (tertiary/aromatic N) is 6. The number of rotatable bonds is 5. The Morgan fingerprint density at radius 3 is 2.71 bits per heavy atom. The van der Waals surface area contributed by atoms with Crippen molar-refractivity contribution in [1.29, 1.82) is 0 Å². The number of pyridine rings is 1. The van der Waals surface area contributed by atoms with Gasteiger partial charge in [-0.3, -0.25) is 9.78 Å². The van der Waals surface area contributed by atoms with Crippen LogP contribution in [0.4, 0.5) is 5.82 Å². The minimum atomic E-state index is -0.178. The van der Waals surface area contributed by atoms with E-state index in [1.54, 1.807) is 22.8 Å². The summed E-state index contributed by atoms with van der Waals surface area (Å²) in [6.07, 6.45) is 1.60. The first-order valence-electron chi connectivity index (χ1n) is 10.1. The second-order valence-corrected chi connectivity index (χ2v) is 7.18. The van der Waals surface area contributed by atoms with E-state index in [9.17, 15) is 4.79 Å². The Hall–Kier alpha value is -3.85. The smallest absolute Gasteiger partial charge is 0.251 e. The molecule has 0 bridgehead atoms. The Labute approximate surface area is 178 Å². The highest BCUT2D eigenvalue weighted by Crippen LogP contribution is 2.19. The lowest BCUT2D eigenvalue weighted by atomic mass is 10.2. The standard InChI is InChI=1S/C22H21N7O2/c30-22(24-15-16-4-2-1-3-5-16)17-8-9-23-18(14-17)21-26-25-19-6-7-20(27-29(19)21)28-10-12-31-13-11-28/h1-9,14H,10-13,15H2,(H,24,30). The van der Waals surface area contributed by atoms with Crippen LogP contribution in [0.1, 0.15) is 15.9 Å². The molecule has 0 unspecified atom stereocenters. The molecule has 5 rings (SSSR count). The first-order valence-corrected chi connectivity index (χ1v) is 10.1. The van der Waals surface area contributed by atoms with Crippen molar-refractivity contribution in [2.45, 2.75) is 6.54 Å². The highest BCUT2D eigenvalue weighted by atomic mass is 16.5. The third-order valence-electron chi connectivity index (χ3n) is 5.13. The average Bonchev–Trinajstić information content (AvgIpc) is 3.27. The first kappa shape index (κ1) is 19.1. The van der Waals surface area contributed by atoms with Gasteiger partial charge in [-0.2, -0.15) is 4.52 Å². The molecule has 4 heterocycles. The topological polar surface area (TPSA) is 97.5 Å². The van der Waals surface area contributed by atoms with Crippen LogP contribution in [0.3, 0.4) is 0 Å². The number of aromatic nitrogens is 5. The lowest BCUT2D eigenvalue weighted by Gasteiger charge is -2.27. The third kappa shape index (κ3) is 4.08. The van der Waals surface area contributed by atoms with E-state index in [1.165, 1.54) is 0 Å². The van der Waals surface area contributed by atoms with E-state index >= 15 is 0 Å². The number of ether oxygens (including phenoxy) is 1. The summed E-state index contributed by atoms with van der Waals surface area (Å²) in [4.78, 5) is 19.2. The number of benzene rings is 1. The molecule has 9 nitrogen and oxygen atoms in total. The Morgan fingerprint density at radius 1 is 1.03 bits per heavy atom. The number of morpholine rings is 1. The predicted octanol–water partition coefficient (Wildman–Crippen LogP) is 1.95. The summed E-state index contributed by atoms with van der Waals surface area (Å²) < 4.78 is 7.09. The SMILES string of the molecule is O=C(NCc1ccccc1)c1ccnc(-c2nnc3ccc(N4CCOCC4)nn23)c1. The molecule has 9 heteroatoms. The van der Waals surface area contributed by atoms with Gasteiger partial charge in [-0.1, -0.05) is 30.3 Å². The average molecular weight is 415 g/mol. The number of carbonyl (C=O) groups is 1. The molecule has 0 atom stereocenters. The maximum Gasteiger partial charge on any atom is 0.251 e. The molecule has 0 saturated carbocycles. The highest BCUT2D eigenvalue weighted by Gasteiger charge is 2.17. The molecule has 3 aromatic heterocycles. The molecule has 1 aliphatic rings. The van der Waals surface area contributed by atoms with Gasteiger partial charge in [0.1, 0.15) is 11.5 Å². The Kier molecular flexibility index (Phi) is 5.24. The Morgan fingerprint density at radius 2 is 1.87 bits per heavy atom. The maximum atomic E-state index is 12.6. The molecular formula is C22H21N7O2. The van der Waals surface area contributed by atoms with Gasteiger partial charge in [-0.25, -0.2) is 0 Å². The fourth-order valence-electron chi connectivity index (χ4n) is 3.47. The highest BCUT2D eigenvalue weighted by molar-refractivity contribution is 5.94. The summed E-state index contributed by atoms with van der Waals surface area (Å²) in [5.41, 5.74) is 2.69. The molecule has 31 heavy (non-hydrogen) atoms. The normalized spacial score (nSPS) is 14.0. The van der Waals surface area contributed by atoms with Gasteiger partial charge in [0.2, 0.25) is 5.82 Å². The predicted molar refractivity (Wildman–Crippen MR) is 115 cm³/mol. The summed E-state index contributed by atoms with van der Waals surface area (Å²) in [5, 5.41) is 16.1. The number of fused-ring (bicyclic) bond motifs is 1. The van der Waals surface area contributed by atoms with Gasteiger partial charge in [0.05, 0.1) is 13.2 Å². The van der Waals surface area contributed by atoms with Crippen LogP contribution in [0.25, 0.3) is 17.2 Å². The second kappa shape index (κ2) is 8.49. The molecular weight excluding hydrogens is 394 g/mol. The quantitative estimate of drug-likeness (QED) is 0.532. The largest absolute Gasteiger partial charge is 0.378 e. The molecule has 0 aliphatic carbocycles. The molecule has 1 amide bonds. The monoisotopic (exact) mass is 415 g/mol. The van der Waals surface area contributed by atoms with E-state index in [0.29, 0.717) is 42.5 Å². The lowest BCUT2D eigenvalue weighted by Crippen LogP contribution is -2.37. The van der Waals surface area contributed by atoms with Crippen LogP contribution < -0.4 is 10.2 Å². The van der Waals surface area contributed by atoms with Gasteiger partial charge >= 0.3 is 0 Å². The summed E-state index contributed by atoms with van der Waals surface area (Å²) in [6, 6.07) is 17.0. The van der Waals surface area contributed by atoms with Crippen LogP contribution in [0.15, 0.2) is 60.8 Å². The van der Waals surface area contributed by atoms with E-state index in [2.05, 4.69) is 25.4 Å². The summed E-state index contributed by atoms with van der Waals surface area (Å²) in [7, 11) is 0. The molecule has 1 fully saturated rings.